The van der Waals surface area contributed by atoms with Crippen LogP contribution in [0.5, 0.6) is 5.75 Å². The first-order valence-corrected chi connectivity index (χ1v) is 10.7. The number of rotatable bonds is 7. The number of fused-ring (bicyclic) bond motifs is 2. The predicted molar refractivity (Wildman–Crippen MR) is 119 cm³/mol. The average molecular weight is 454 g/mol. The second-order valence-corrected chi connectivity index (χ2v) is 7.92. The van der Waals surface area contributed by atoms with Gasteiger partial charge in [0.2, 0.25) is 0 Å². The number of hydrogen-bond acceptors (Lipinski definition) is 5. The number of benzene rings is 1. The van der Waals surface area contributed by atoms with E-state index in [2.05, 4.69) is 9.72 Å². The number of methoxy groups -OCH3 is 1. The van der Waals surface area contributed by atoms with Crippen molar-refractivity contribution in [3.63, 3.8) is 0 Å². The number of carbonyl (C=O) groups excluding carboxylic acids is 2. The highest BCUT2D eigenvalue weighted by atomic mass is 19.3. The molecule has 0 saturated carbocycles. The molecule has 0 N–H and O–H groups in total. The van der Waals surface area contributed by atoms with Crippen LogP contribution in [0.25, 0.3) is 11.2 Å². The summed E-state index contributed by atoms with van der Waals surface area (Å²) in [5, 5.41) is 0. The van der Waals surface area contributed by atoms with Gasteiger partial charge in [0, 0.05) is 18.8 Å². The number of pyridine rings is 1. The molecule has 2 heterocycles. The average Bonchev–Trinajstić information content (AvgIpc) is 3.14. The molecule has 0 fully saturated rings. The zero-order chi connectivity index (χ0) is 23.6. The van der Waals surface area contributed by atoms with Crippen LogP contribution in [0.15, 0.2) is 48.3 Å². The van der Waals surface area contributed by atoms with E-state index in [0.29, 0.717) is 53.7 Å². The molecule has 0 unspecified atom stereocenters. The number of nitrogens with zero attached hydrogens (tertiary/aromatic N) is 2. The lowest BCUT2D eigenvalue weighted by Gasteiger charge is -2.20. The number of ether oxygens (including phenoxy) is 2. The van der Waals surface area contributed by atoms with Crippen LogP contribution >= 0.6 is 0 Å². The van der Waals surface area contributed by atoms with Gasteiger partial charge in [-0.25, -0.2) is 9.78 Å². The number of aryl methyl sites for hydroxylation is 1. The molecule has 0 amide bonds. The summed E-state index contributed by atoms with van der Waals surface area (Å²) in [7, 11) is 1.58. The van der Waals surface area contributed by atoms with E-state index in [9.17, 15) is 18.4 Å². The second-order valence-electron chi connectivity index (χ2n) is 7.92. The molecular formula is C25H24F2N2O4. The van der Waals surface area contributed by atoms with E-state index in [-0.39, 0.29) is 12.3 Å². The smallest absolute Gasteiger partial charge is 0.377 e. The maximum Gasteiger partial charge on any atom is 0.377 e. The number of hydrogen-bond donors (Lipinski definition) is 0. The third kappa shape index (κ3) is 4.51. The van der Waals surface area contributed by atoms with E-state index >= 15 is 0 Å². The Balaban J connectivity index is 1.90. The van der Waals surface area contributed by atoms with Crippen molar-refractivity contribution < 1.29 is 27.8 Å². The van der Waals surface area contributed by atoms with Crippen molar-refractivity contribution in [2.45, 2.75) is 38.5 Å². The Morgan fingerprint density at radius 2 is 2.06 bits per heavy atom. The zero-order valence-electron chi connectivity index (χ0n) is 18.4. The molecule has 1 aliphatic carbocycles. The van der Waals surface area contributed by atoms with E-state index in [0.717, 1.165) is 11.1 Å². The molecule has 33 heavy (non-hydrogen) atoms. The van der Waals surface area contributed by atoms with E-state index < -0.39 is 18.3 Å². The molecule has 0 saturated heterocycles. The Labute approximate surface area is 189 Å². The minimum atomic E-state index is -3.64. The molecule has 0 aliphatic heterocycles. The van der Waals surface area contributed by atoms with Gasteiger partial charge in [0.1, 0.15) is 17.1 Å². The van der Waals surface area contributed by atoms with Gasteiger partial charge in [0.05, 0.1) is 13.7 Å². The summed E-state index contributed by atoms with van der Waals surface area (Å²) >= 11 is 0. The minimum absolute atomic E-state index is 0.113. The summed E-state index contributed by atoms with van der Waals surface area (Å²) in [4.78, 5) is 27.4. The highest BCUT2D eigenvalue weighted by Gasteiger charge is 2.42. The van der Waals surface area contributed by atoms with Crippen LogP contribution in [-0.2, 0) is 16.0 Å². The Hall–Kier alpha value is -3.55. The Kier molecular flexibility index (Phi) is 6.26. The fourth-order valence-corrected chi connectivity index (χ4v) is 4.28. The van der Waals surface area contributed by atoms with E-state index in [1.54, 1.807) is 42.1 Å². The molecule has 2 aromatic heterocycles. The summed E-state index contributed by atoms with van der Waals surface area (Å²) in [5.74, 6) is -4.47. The maximum atomic E-state index is 14.8. The highest BCUT2D eigenvalue weighted by molar-refractivity contribution is 5.87. The van der Waals surface area contributed by atoms with E-state index in [4.69, 9.17) is 4.74 Å². The van der Waals surface area contributed by atoms with Crippen LogP contribution in [0.1, 0.15) is 53.4 Å². The lowest BCUT2D eigenvalue weighted by atomic mass is 9.88. The van der Waals surface area contributed by atoms with Gasteiger partial charge in [-0.2, -0.15) is 8.78 Å². The molecule has 0 spiro atoms. The van der Waals surface area contributed by atoms with Gasteiger partial charge in [-0.3, -0.25) is 4.79 Å². The van der Waals surface area contributed by atoms with Gasteiger partial charge >= 0.3 is 11.9 Å². The molecule has 8 heteroatoms. The molecule has 172 valence electrons. The molecule has 0 bridgehead atoms. The van der Waals surface area contributed by atoms with Crippen molar-refractivity contribution in [1.82, 2.24) is 9.38 Å². The zero-order valence-corrected chi connectivity index (χ0v) is 18.4. The largest absolute Gasteiger partial charge is 0.497 e. The van der Waals surface area contributed by atoms with Crippen molar-refractivity contribution in [3.05, 3.63) is 70.7 Å². The van der Waals surface area contributed by atoms with Gasteiger partial charge in [-0.1, -0.05) is 11.6 Å². The van der Waals surface area contributed by atoms with Crippen LogP contribution in [0.4, 0.5) is 8.78 Å². The van der Waals surface area contributed by atoms with Gasteiger partial charge in [0.25, 0.3) is 0 Å². The second kappa shape index (κ2) is 9.13. The third-order valence-electron chi connectivity index (χ3n) is 5.76. The van der Waals surface area contributed by atoms with Crippen LogP contribution < -0.4 is 4.74 Å². The molecule has 4 rings (SSSR count). The topological polar surface area (TPSA) is 69.9 Å². The summed E-state index contributed by atoms with van der Waals surface area (Å²) in [6.45, 7) is 1.39. The maximum absolute atomic E-state index is 14.8. The number of allylic oxidation sites excluding steroid dienone is 1. The van der Waals surface area contributed by atoms with Gasteiger partial charge in [0.15, 0.2) is 6.29 Å². The van der Waals surface area contributed by atoms with Crippen LogP contribution in [-0.4, -0.2) is 41.3 Å². The van der Waals surface area contributed by atoms with Crippen LogP contribution in [0.2, 0.25) is 0 Å². The quantitative estimate of drug-likeness (QED) is 0.376. The van der Waals surface area contributed by atoms with Gasteiger partial charge in [-0.15, -0.1) is 0 Å². The minimum Gasteiger partial charge on any atom is -0.497 e. The predicted octanol–water partition coefficient (Wildman–Crippen LogP) is 4.88. The molecule has 1 aliphatic rings. The summed E-state index contributed by atoms with van der Waals surface area (Å²) in [5.41, 5.74) is 4.41. The number of aldehydes is 1. The first-order chi connectivity index (χ1) is 15.9. The van der Waals surface area contributed by atoms with Crippen molar-refractivity contribution in [2.75, 3.05) is 13.7 Å². The lowest BCUT2D eigenvalue weighted by molar-refractivity contribution is -0.171. The molecule has 1 aromatic carbocycles. The number of esters is 1. The first kappa shape index (κ1) is 22.6. The van der Waals surface area contributed by atoms with Gasteiger partial charge in [-0.05, 0) is 72.7 Å². The van der Waals surface area contributed by atoms with Crippen molar-refractivity contribution in [1.29, 1.82) is 0 Å². The SMILES string of the molecule is CCOC(=O)C(F)(F)CC1=C(c2ccn3cc(C=O)nc3c2)c2ccc(OC)cc2CCC1. The molecule has 0 radical (unpaired) electrons. The lowest BCUT2D eigenvalue weighted by Crippen LogP contribution is -2.31. The van der Waals surface area contributed by atoms with Crippen molar-refractivity contribution in [2.24, 2.45) is 0 Å². The number of alkyl halides is 2. The number of imidazole rings is 1. The molecule has 3 aromatic rings. The number of halogens is 2. The fraction of sp³-hybridized carbons (Fsp3) is 0.320. The third-order valence-corrected chi connectivity index (χ3v) is 5.76. The number of aromatic nitrogens is 2. The summed E-state index contributed by atoms with van der Waals surface area (Å²) < 4.78 is 41.3. The fourth-order valence-electron chi connectivity index (χ4n) is 4.28. The van der Waals surface area contributed by atoms with Crippen LogP contribution in [0, 0.1) is 0 Å². The number of carbonyl (C=O) groups is 2. The van der Waals surface area contributed by atoms with Crippen molar-refractivity contribution >= 4 is 23.5 Å². The molecule has 0 atom stereocenters. The first-order valence-electron chi connectivity index (χ1n) is 10.7. The normalized spacial score (nSPS) is 14.1. The Morgan fingerprint density at radius 1 is 1.24 bits per heavy atom. The Morgan fingerprint density at radius 3 is 2.79 bits per heavy atom. The van der Waals surface area contributed by atoms with E-state index in [1.165, 1.54) is 6.92 Å². The molecular weight excluding hydrogens is 430 g/mol. The van der Waals surface area contributed by atoms with E-state index in [1.807, 2.05) is 12.1 Å². The van der Waals surface area contributed by atoms with Crippen LogP contribution in [0.3, 0.4) is 0 Å². The summed E-state index contributed by atoms with van der Waals surface area (Å²) in [6.07, 6.45) is 5.01. The summed E-state index contributed by atoms with van der Waals surface area (Å²) in [6, 6.07) is 9.15. The highest BCUT2D eigenvalue weighted by Crippen LogP contribution is 2.41. The Bertz CT molecular complexity index is 1250. The standard InChI is InChI=1S/C25H24F2N2O4/c1-3-33-24(31)25(26,27)13-18-6-4-5-16-11-20(32-2)7-8-21(16)23(18)17-9-10-29-14-19(15-30)28-22(29)12-17/h7-12,14-15H,3-6,13H2,1-2H3. The molecule has 6 nitrogen and oxygen atoms in total. The van der Waals surface area contributed by atoms with Gasteiger partial charge < -0.3 is 13.9 Å². The van der Waals surface area contributed by atoms with Crippen molar-refractivity contribution in [3.8, 4) is 5.75 Å². The monoisotopic (exact) mass is 454 g/mol.